The third-order valence-electron chi connectivity index (χ3n) is 12.9. The highest BCUT2D eigenvalue weighted by Gasteiger charge is 2.65. The maximum absolute atomic E-state index is 12.4. The van der Waals surface area contributed by atoms with E-state index in [0.717, 1.165) is 38.5 Å². The van der Waals surface area contributed by atoms with Crippen LogP contribution in [0.3, 0.4) is 0 Å². The molecule has 6 fully saturated rings. The van der Waals surface area contributed by atoms with Crippen molar-refractivity contribution >= 4 is 11.9 Å². The van der Waals surface area contributed by atoms with Crippen LogP contribution in [0.2, 0.25) is 0 Å². The molecule has 10 atom stereocenters. The first-order valence-corrected chi connectivity index (χ1v) is 16.5. The van der Waals surface area contributed by atoms with E-state index in [4.69, 9.17) is 9.47 Å². The lowest BCUT2D eigenvalue weighted by Gasteiger charge is -2.62. The minimum absolute atomic E-state index is 0.0328. The number of nitrogens with zero attached hydrogens (tertiary/aromatic N) is 2. The Morgan fingerprint density at radius 2 is 1.31 bits per heavy atom. The van der Waals surface area contributed by atoms with Gasteiger partial charge in [0.25, 0.3) is 0 Å². The summed E-state index contributed by atoms with van der Waals surface area (Å²) in [4.78, 5) is 29.9. The maximum atomic E-state index is 12.4. The molecule has 6 aliphatic rings. The molecule has 0 spiro atoms. The Hall–Kier alpha value is -1.14. The molecule has 4 aliphatic carbocycles. The molecule has 4 saturated carbocycles. The van der Waals surface area contributed by atoms with E-state index in [0.29, 0.717) is 35.3 Å². The molecule has 2 heterocycles. The summed E-state index contributed by atoms with van der Waals surface area (Å²) in [5, 5.41) is 0. The summed E-state index contributed by atoms with van der Waals surface area (Å²) in [6, 6.07) is 0.746. The molecule has 0 aromatic heterocycles. The SMILES string of the molecule is CC(=O)O[C@H]1C[C@@H]2CC[C@@H]3[C@H](CC[C@]4(C)[C@H](OC(C)=O)[C@@H](N5CCCCC5)C[C@@H]34)[C@@]2(C)C[C@@H]1N1CCCCC1. The summed E-state index contributed by atoms with van der Waals surface area (Å²) in [6.07, 6.45) is 16.2. The largest absolute Gasteiger partial charge is 0.461 e. The van der Waals surface area contributed by atoms with Crippen LogP contribution in [0.5, 0.6) is 0 Å². The predicted molar refractivity (Wildman–Crippen MR) is 152 cm³/mol. The summed E-state index contributed by atoms with van der Waals surface area (Å²) >= 11 is 0. The highest BCUT2D eigenvalue weighted by Crippen LogP contribution is 2.67. The number of carbonyl (C=O) groups excluding carboxylic acids is 2. The van der Waals surface area contributed by atoms with Crippen molar-refractivity contribution in [2.45, 2.75) is 135 Å². The van der Waals surface area contributed by atoms with Gasteiger partial charge in [-0.1, -0.05) is 26.7 Å². The van der Waals surface area contributed by atoms with Crippen LogP contribution in [0.15, 0.2) is 0 Å². The molecule has 0 aromatic carbocycles. The fourth-order valence-corrected chi connectivity index (χ4v) is 11.2. The van der Waals surface area contributed by atoms with E-state index in [1.165, 1.54) is 77.0 Å². The predicted octanol–water partition coefficient (Wildman–Crippen LogP) is 5.82. The van der Waals surface area contributed by atoms with Gasteiger partial charge in [0, 0.05) is 31.3 Å². The molecule has 0 unspecified atom stereocenters. The summed E-state index contributed by atoms with van der Waals surface area (Å²) in [5.74, 6) is 2.49. The number of hydrogen-bond acceptors (Lipinski definition) is 6. The smallest absolute Gasteiger partial charge is 0.302 e. The third-order valence-corrected chi connectivity index (χ3v) is 12.9. The molecule has 0 radical (unpaired) electrons. The number of hydrogen-bond donors (Lipinski definition) is 0. The molecule has 0 amide bonds. The second kappa shape index (κ2) is 10.9. The van der Waals surface area contributed by atoms with E-state index in [1.54, 1.807) is 13.8 Å². The topological polar surface area (TPSA) is 59.1 Å². The lowest BCUT2D eigenvalue weighted by atomic mass is 9.44. The van der Waals surface area contributed by atoms with Crippen molar-refractivity contribution < 1.29 is 19.1 Å². The van der Waals surface area contributed by atoms with Gasteiger partial charge in [0.2, 0.25) is 0 Å². The van der Waals surface area contributed by atoms with Crippen molar-refractivity contribution in [1.29, 1.82) is 0 Å². The Bertz CT molecular complexity index is 913. The quantitative estimate of drug-likeness (QED) is 0.417. The fourth-order valence-electron chi connectivity index (χ4n) is 11.2. The summed E-state index contributed by atoms with van der Waals surface area (Å²) in [6.45, 7) is 12.9. The zero-order valence-electron chi connectivity index (χ0n) is 25.2. The van der Waals surface area contributed by atoms with Crippen LogP contribution in [0.1, 0.15) is 111 Å². The Morgan fingerprint density at radius 1 is 0.692 bits per heavy atom. The van der Waals surface area contributed by atoms with Gasteiger partial charge in [-0.25, -0.2) is 0 Å². The molecule has 6 nitrogen and oxygen atoms in total. The average molecular weight is 543 g/mol. The van der Waals surface area contributed by atoms with Gasteiger partial charge in [-0.15, -0.1) is 0 Å². The number of likely N-dealkylation sites (tertiary alicyclic amines) is 2. The first-order chi connectivity index (χ1) is 18.7. The number of rotatable bonds is 4. The van der Waals surface area contributed by atoms with Crippen molar-refractivity contribution in [3.05, 3.63) is 0 Å². The van der Waals surface area contributed by atoms with Gasteiger partial charge in [-0.05, 0) is 126 Å². The summed E-state index contributed by atoms with van der Waals surface area (Å²) < 4.78 is 12.3. The first-order valence-electron chi connectivity index (χ1n) is 16.5. The minimum atomic E-state index is -0.112. The zero-order chi connectivity index (χ0) is 27.4. The third kappa shape index (κ3) is 4.98. The Labute approximate surface area is 236 Å². The van der Waals surface area contributed by atoms with Crippen LogP contribution in [0, 0.1) is 34.5 Å². The van der Waals surface area contributed by atoms with E-state index in [-0.39, 0.29) is 29.6 Å². The average Bonchev–Trinajstić information content (AvgIpc) is 3.21. The van der Waals surface area contributed by atoms with Crippen LogP contribution in [0.25, 0.3) is 0 Å². The standard InChI is InChI=1S/C33H54N2O4/c1-22(36)38-30-19-24-11-12-25-26(33(24,4)21-29(30)35-17-9-6-10-18-35)13-14-32(3)27(25)20-28(31(32)39-23(2)37)34-15-7-5-8-16-34/h24-31H,5-21H2,1-4H3/t24-,25+,26-,27-,28-,29-,30-,31+,32-,33-/m0/s1. The molecule has 0 bridgehead atoms. The van der Waals surface area contributed by atoms with Crippen molar-refractivity contribution in [2.24, 2.45) is 34.5 Å². The fraction of sp³-hybridized carbons (Fsp3) is 0.939. The second-order valence-corrected chi connectivity index (χ2v) is 14.9. The van der Waals surface area contributed by atoms with Gasteiger partial charge in [-0.3, -0.25) is 19.4 Å². The lowest BCUT2D eigenvalue weighted by molar-refractivity contribution is -0.180. The van der Waals surface area contributed by atoms with Gasteiger partial charge in [-0.2, -0.15) is 0 Å². The zero-order valence-corrected chi connectivity index (χ0v) is 25.2. The molecular weight excluding hydrogens is 488 g/mol. The molecule has 0 N–H and O–H groups in total. The van der Waals surface area contributed by atoms with Crippen LogP contribution in [0.4, 0.5) is 0 Å². The van der Waals surface area contributed by atoms with Crippen LogP contribution < -0.4 is 0 Å². The molecule has 39 heavy (non-hydrogen) atoms. The van der Waals surface area contributed by atoms with Crippen molar-refractivity contribution in [3.8, 4) is 0 Å². The van der Waals surface area contributed by atoms with E-state index in [1.807, 2.05) is 0 Å². The monoisotopic (exact) mass is 542 g/mol. The Balaban J connectivity index is 1.27. The first kappa shape index (κ1) is 28.0. The second-order valence-electron chi connectivity index (χ2n) is 14.9. The van der Waals surface area contributed by atoms with Gasteiger partial charge < -0.3 is 9.47 Å². The highest BCUT2D eigenvalue weighted by molar-refractivity contribution is 5.66. The summed E-state index contributed by atoms with van der Waals surface area (Å²) in [5.41, 5.74) is 0.377. The van der Waals surface area contributed by atoms with Crippen molar-refractivity contribution in [3.63, 3.8) is 0 Å². The van der Waals surface area contributed by atoms with E-state index in [9.17, 15) is 9.59 Å². The highest BCUT2D eigenvalue weighted by atomic mass is 16.5. The van der Waals surface area contributed by atoms with Crippen molar-refractivity contribution in [2.75, 3.05) is 26.2 Å². The molecule has 0 aromatic rings. The molecule has 6 rings (SSSR count). The molecule has 2 aliphatic heterocycles. The van der Waals surface area contributed by atoms with E-state index < -0.39 is 0 Å². The maximum Gasteiger partial charge on any atom is 0.302 e. The van der Waals surface area contributed by atoms with Gasteiger partial charge in [0.1, 0.15) is 12.2 Å². The van der Waals surface area contributed by atoms with E-state index >= 15 is 0 Å². The van der Waals surface area contributed by atoms with Crippen LogP contribution in [-0.2, 0) is 19.1 Å². The summed E-state index contributed by atoms with van der Waals surface area (Å²) in [7, 11) is 0. The number of carbonyl (C=O) groups is 2. The number of piperidine rings is 2. The normalized spacial score (nSPS) is 47.0. The van der Waals surface area contributed by atoms with Gasteiger partial charge in [0.05, 0.1) is 0 Å². The number of esters is 2. The molecular formula is C33H54N2O4. The van der Waals surface area contributed by atoms with Crippen LogP contribution in [-0.4, -0.2) is 72.2 Å². The van der Waals surface area contributed by atoms with E-state index in [2.05, 4.69) is 23.6 Å². The Kier molecular flexibility index (Phi) is 7.85. The van der Waals surface area contributed by atoms with Gasteiger partial charge >= 0.3 is 11.9 Å². The molecule has 6 heteroatoms. The molecule has 220 valence electrons. The minimum Gasteiger partial charge on any atom is -0.461 e. The number of ether oxygens (including phenoxy) is 2. The van der Waals surface area contributed by atoms with Crippen molar-refractivity contribution in [1.82, 2.24) is 9.80 Å². The number of fused-ring (bicyclic) bond motifs is 5. The Morgan fingerprint density at radius 3 is 1.92 bits per heavy atom. The van der Waals surface area contributed by atoms with Gasteiger partial charge in [0.15, 0.2) is 0 Å². The molecule has 2 saturated heterocycles. The van der Waals surface area contributed by atoms with Crippen LogP contribution >= 0.6 is 0 Å². The lowest BCUT2D eigenvalue weighted by Crippen LogP contribution is -2.61.